The van der Waals surface area contributed by atoms with E-state index in [-0.39, 0.29) is 47.4 Å². The van der Waals surface area contributed by atoms with Gasteiger partial charge in [0.25, 0.3) is 0 Å². The molecule has 4 atom stereocenters. The molecule has 360 valence electrons. The minimum Gasteiger partial charge on any atom is -0.444 e. The van der Waals surface area contributed by atoms with E-state index in [2.05, 4.69) is 101 Å². The average Bonchev–Trinajstić information content (AvgIpc) is 3.97. The molecule has 10 rings (SSSR count). The van der Waals surface area contributed by atoms with Gasteiger partial charge in [-0.25, -0.2) is 14.8 Å². The zero-order valence-corrected chi connectivity index (χ0v) is 41.9. The van der Waals surface area contributed by atoms with E-state index < -0.39 is 0 Å². The molecule has 68 heavy (non-hydrogen) atoms. The van der Waals surface area contributed by atoms with Gasteiger partial charge in [0, 0.05) is 103 Å². The van der Waals surface area contributed by atoms with Gasteiger partial charge in [-0.15, -0.1) is 0 Å². The zero-order chi connectivity index (χ0) is 48.1. The summed E-state index contributed by atoms with van der Waals surface area (Å²) in [6.45, 7) is 16.9. The first-order chi connectivity index (χ1) is 32.6. The molecule has 17 heteroatoms. The Balaban J connectivity index is 0.000000149. The number of pyridine rings is 4. The third-order valence-electron chi connectivity index (χ3n) is 13.2. The van der Waals surface area contributed by atoms with Crippen molar-refractivity contribution < 1.29 is 19.1 Å². The van der Waals surface area contributed by atoms with Crippen LogP contribution in [0.1, 0.15) is 105 Å². The molecular formula is C51H65BrN12O4. The van der Waals surface area contributed by atoms with Crippen LogP contribution in [0.25, 0.3) is 11.3 Å². The molecule has 6 aromatic rings. The fourth-order valence-corrected chi connectivity index (χ4v) is 10.0. The average molecular weight is 990 g/mol. The lowest BCUT2D eigenvalue weighted by Crippen LogP contribution is -2.48. The lowest BCUT2D eigenvalue weighted by molar-refractivity contribution is -0.126. The zero-order valence-electron chi connectivity index (χ0n) is 40.4. The number of carbonyl (C=O) groups excluding carboxylic acids is 3. The van der Waals surface area contributed by atoms with Gasteiger partial charge in [0.15, 0.2) is 0 Å². The van der Waals surface area contributed by atoms with Crippen molar-refractivity contribution in [2.24, 2.45) is 0 Å². The second kappa shape index (κ2) is 21.4. The molecule has 0 bridgehead atoms. The number of piperidine rings is 2. The first-order valence-electron chi connectivity index (χ1n) is 23.7. The van der Waals surface area contributed by atoms with Crippen molar-refractivity contribution >= 4 is 50.7 Å². The number of amides is 1. The monoisotopic (exact) mass is 988 g/mol. The van der Waals surface area contributed by atoms with Gasteiger partial charge >= 0.3 is 6.09 Å². The number of likely N-dealkylation sites (tertiary alicyclic amines) is 2. The van der Waals surface area contributed by atoms with Crippen molar-refractivity contribution in [1.82, 2.24) is 54.1 Å². The van der Waals surface area contributed by atoms with Crippen molar-refractivity contribution in [3.05, 3.63) is 124 Å². The van der Waals surface area contributed by atoms with Crippen molar-refractivity contribution in [2.75, 3.05) is 71.4 Å². The van der Waals surface area contributed by atoms with Crippen LogP contribution in [0.3, 0.4) is 0 Å². The quantitative estimate of drug-likeness (QED) is 0.167. The molecule has 4 unspecified atom stereocenters. The molecule has 0 spiro atoms. The number of halogens is 1. The maximum absolute atomic E-state index is 12.7. The normalized spacial score (nSPS) is 21.8. The standard InChI is InChI=1S/C23H28N6O.C19H19BrN4O.C9H18N2O2/c1-16-5-4-8-25-23(16)20-14-17(30)13-19(27(20)2)18-15-29-21(26-18)6-3-7-22(29)28-11-9-24-10-12-28;1-12-5-4-8-21-19(12)16-10-13(25)9-15(23(16)2)14-11-24-17(20)6-3-7-18(24)22-14;1-9(2,3)13-8(12)11-6-4-10-5-7-11/h3-8,15,19-20,24H,9-14H2,1-2H3;3-8,11,15-16H,9-10H2,1-2H3;10H,4-7H2,1-3H3. The maximum Gasteiger partial charge on any atom is 0.410 e. The topological polar surface area (TPSA) is 158 Å². The number of imidazole rings is 2. The second-order valence-electron chi connectivity index (χ2n) is 19.2. The molecule has 0 aromatic carbocycles. The predicted molar refractivity (Wildman–Crippen MR) is 267 cm³/mol. The van der Waals surface area contributed by atoms with Crippen LogP contribution in [0.15, 0.2) is 90.1 Å². The van der Waals surface area contributed by atoms with Crippen LogP contribution in [0, 0.1) is 13.8 Å². The molecule has 4 aliphatic rings. The number of aryl methyl sites for hydroxylation is 2. The summed E-state index contributed by atoms with van der Waals surface area (Å²) in [4.78, 5) is 64.2. The van der Waals surface area contributed by atoms with E-state index in [0.29, 0.717) is 25.7 Å². The number of hydrogen-bond acceptors (Lipinski definition) is 13. The molecule has 10 heterocycles. The summed E-state index contributed by atoms with van der Waals surface area (Å²) in [6.07, 6.45) is 9.53. The first kappa shape index (κ1) is 48.9. The van der Waals surface area contributed by atoms with Crippen molar-refractivity contribution in [1.29, 1.82) is 0 Å². The molecule has 1 amide bonds. The Morgan fingerprint density at radius 1 is 0.647 bits per heavy atom. The summed E-state index contributed by atoms with van der Waals surface area (Å²) in [5.74, 6) is 1.69. The fraction of sp³-hybridized carbons (Fsp3) is 0.471. The van der Waals surface area contributed by atoms with Crippen LogP contribution in [-0.4, -0.2) is 133 Å². The summed E-state index contributed by atoms with van der Waals surface area (Å²) in [5, 5.41) is 6.59. The van der Waals surface area contributed by atoms with Gasteiger partial charge in [-0.2, -0.15) is 0 Å². The Labute approximate surface area is 407 Å². The minimum atomic E-state index is -0.387. The number of aromatic nitrogens is 6. The number of hydrogen-bond donors (Lipinski definition) is 2. The van der Waals surface area contributed by atoms with Gasteiger partial charge in [-0.05, 0) is 112 Å². The van der Waals surface area contributed by atoms with E-state index in [1.165, 1.54) is 0 Å². The van der Waals surface area contributed by atoms with Gasteiger partial charge in [-0.3, -0.25) is 38.2 Å². The van der Waals surface area contributed by atoms with E-state index in [0.717, 1.165) is 108 Å². The lowest BCUT2D eigenvalue weighted by atomic mass is 9.90. The third kappa shape index (κ3) is 11.3. The number of Topliss-reactive ketones (excluding diaryl/α,β-unsaturated/α-hetero) is 2. The molecule has 2 N–H and O–H groups in total. The number of fused-ring (bicyclic) bond motifs is 2. The van der Waals surface area contributed by atoms with Crippen LogP contribution in [0.5, 0.6) is 0 Å². The molecule has 0 aliphatic carbocycles. The van der Waals surface area contributed by atoms with Gasteiger partial charge in [0.1, 0.15) is 34.3 Å². The van der Waals surface area contributed by atoms with E-state index in [1.807, 2.05) is 87.0 Å². The molecular weight excluding hydrogens is 925 g/mol. The fourth-order valence-electron chi connectivity index (χ4n) is 9.60. The van der Waals surface area contributed by atoms with Crippen molar-refractivity contribution in [3.8, 4) is 0 Å². The van der Waals surface area contributed by atoms with Gasteiger partial charge in [-0.1, -0.05) is 24.3 Å². The minimum absolute atomic E-state index is 0.0132. The Kier molecular flexibility index (Phi) is 15.4. The molecule has 4 aliphatic heterocycles. The van der Waals surface area contributed by atoms with Crippen molar-refractivity contribution in [3.63, 3.8) is 0 Å². The lowest BCUT2D eigenvalue weighted by Gasteiger charge is -2.38. The number of piperazine rings is 2. The van der Waals surface area contributed by atoms with Gasteiger partial charge in [0.2, 0.25) is 0 Å². The number of carbonyl (C=O) groups is 3. The van der Waals surface area contributed by atoms with Crippen LogP contribution in [0.4, 0.5) is 10.6 Å². The second-order valence-corrected chi connectivity index (χ2v) is 20.0. The highest BCUT2D eigenvalue weighted by atomic mass is 79.9. The molecule has 4 fully saturated rings. The number of ether oxygens (including phenoxy) is 1. The predicted octanol–water partition coefficient (Wildman–Crippen LogP) is 7.23. The van der Waals surface area contributed by atoms with Crippen LogP contribution in [0.2, 0.25) is 0 Å². The summed E-state index contributed by atoms with van der Waals surface area (Å²) in [7, 11) is 4.16. The molecule has 0 radical (unpaired) electrons. The summed E-state index contributed by atoms with van der Waals surface area (Å²) in [6, 6.07) is 20.0. The number of nitrogens with one attached hydrogen (secondary N) is 2. The van der Waals surface area contributed by atoms with E-state index >= 15 is 0 Å². The molecule has 6 aromatic heterocycles. The third-order valence-corrected chi connectivity index (χ3v) is 13.9. The van der Waals surface area contributed by atoms with E-state index in [9.17, 15) is 14.4 Å². The van der Waals surface area contributed by atoms with Gasteiger partial charge in [0.05, 0.1) is 51.5 Å². The smallest absolute Gasteiger partial charge is 0.410 e. The number of ketones is 2. The highest BCUT2D eigenvalue weighted by Gasteiger charge is 2.38. The Hall–Kier alpha value is -5.59. The summed E-state index contributed by atoms with van der Waals surface area (Å²) in [5.41, 5.74) is 7.50. The van der Waals surface area contributed by atoms with Crippen LogP contribution >= 0.6 is 15.9 Å². The van der Waals surface area contributed by atoms with E-state index in [4.69, 9.17) is 14.7 Å². The maximum atomic E-state index is 12.7. The summed E-state index contributed by atoms with van der Waals surface area (Å²) < 4.78 is 10.4. The van der Waals surface area contributed by atoms with Crippen molar-refractivity contribution in [2.45, 2.75) is 90.1 Å². The number of rotatable bonds is 5. The summed E-state index contributed by atoms with van der Waals surface area (Å²) >= 11 is 3.55. The Morgan fingerprint density at radius 3 is 1.62 bits per heavy atom. The van der Waals surface area contributed by atoms with Gasteiger partial charge < -0.3 is 25.2 Å². The van der Waals surface area contributed by atoms with Crippen LogP contribution in [-0.2, 0) is 14.3 Å². The Bertz CT molecular complexity index is 2720. The number of anilines is 1. The van der Waals surface area contributed by atoms with Crippen LogP contribution < -0.4 is 15.5 Å². The Morgan fingerprint density at radius 2 is 1.12 bits per heavy atom. The molecule has 4 saturated heterocycles. The SMILES string of the molecule is CC(C)(C)OC(=O)N1CCNCC1.Cc1cccnc1C1CC(=O)CC(c2cn3c(Br)cccc3n2)N1C.Cc1cccnc1C1CC(=O)CC(c2cn3c(N4CCNCC4)cccc3n2)N1C. The largest absolute Gasteiger partial charge is 0.444 e. The highest BCUT2D eigenvalue weighted by molar-refractivity contribution is 9.10. The molecule has 16 nitrogen and oxygen atoms in total. The molecule has 0 saturated carbocycles. The number of nitrogens with zero attached hydrogens (tertiary/aromatic N) is 10. The first-order valence-corrected chi connectivity index (χ1v) is 24.5. The highest BCUT2D eigenvalue weighted by Crippen LogP contribution is 2.40. The van der Waals surface area contributed by atoms with E-state index in [1.54, 1.807) is 11.1 Å².